The molecule has 2 aromatic rings. The number of carbonyl (C=O) groups excluding carboxylic acids is 1. The van der Waals surface area contributed by atoms with Gasteiger partial charge in [0, 0.05) is 44.0 Å². The maximum absolute atomic E-state index is 12.4. The summed E-state index contributed by atoms with van der Waals surface area (Å²) in [6.45, 7) is 8.19. The molecule has 0 bridgehead atoms. The molecule has 1 aliphatic heterocycles. The fourth-order valence-electron chi connectivity index (χ4n) is 4.17. The van der Waals surface area contributed by atoms with Crippen LogP contribution in [0.3, 0.4) is 0 Å². The molecular weight excluding hydrogens is 370 g/mol. The van der Waals surface area contributed by atoms with Crippen LogP contribution in [0.4, 0.5) is 10.6 Å². The third-order valence-corrected chi connectivity index (χ3v) is 7.02. The van der Waals surface area contributed by atoms with E-state index in [1.165, 1.54) is 35.1 Å². The quantitative estimate of drug-likeness (QED) is 0.775. The molecule has 0 unspecified atom stereocenters. The summed E-state index contributed by atoms with van der Waals surface area (Å²) in [7, 11) is 0. The monoisotopic (exact) mass is 401 g/mol. The summed E-state index contributed by atoms with van der Waals surface area (Å²) in [4.78, 5) is 29.1. The average molecular weight is 402 g/mol. The molecule has 2 amide bonds. The van der Waals surface area contributed by atoms with Crippen LogP contribution in [0.5, 0.6) is 0 Å². The number of urea groups is 1. The van der Waals surface area contributed by atoms with Crippen LogP contribution >= 0.6 is 11.3 Å². The molecule has 1 fully saturated rings. The van der Waals surface area contributed by atoms with Crippen LogP contribution in [0, 0.1) is 0 Å². The van der Waals surface area contributed by atoms with E-state index in [2.05, 4.69) is 24.1 Å². The van der Waals surface area contributed by atoms with Gasteiger partial charge in [-0.05, 0) is 37.7 Å². The second-order valence-corrected chi connectivity index (χ2v) is 8.85. The number of rotatable bonds is 5. The highest BCUT2D eigenvalue weighted by Crippen LogP contribution is 2.40. The number of piperazine rings is 1. The van der Waals surface area contributed by atoms with Gasteiger partial charge < -0.3 is 15.1 Å². The molecule has 3 heterocycles. The average Bonchev–Trinajstić information content (AvgIpc) is 3.11. The Hall–Kier alpha value is -1.89. The Bertz CT molecular complexity index is 841. The van der Waals surface area contributed by atoms with Crippen LogP contribution in [-0.2, 0) is 19.3 Å². The normalized spacial score (nSPS) is 17.1. The Labute approximate surface area is 171 Å². The third kappa shape index (κ3) is 3.81. The molecule has 1 N–H and O–H groups in total. The van der Waals surface area contributed by atoms with Crippen LogP contribution < -0.4 is 10.2 Å². The molecule has 6 nitrogen and oxygen atoms in total. The number of fused-ring (bicyclic) bond motifs is 3. The third-order valence-electron chi connectivity index (χ3n) is 5.83. The van der Waals surface area contributed by atoms with E-state index in [1.54, 1.807) is 0 Å². The summed E-state index contributed by atoms with van der Waals surface area (Å²) in [5.41, 5.74) is 1.49. The molecule has 28 heavy (non-hydrogen) atoms. The van der Waals surface area contributed by atoms with E-state index in [4.69, 9.17) is 9.97 Å². The number of hydrogen-bond donors (Lipinski definition) is 1. The van der Waals surface area contributed by atoms with Crippen molar-refractivity contribution in [2.45, 2.75) is 58.8 Å². The van der Waals surface area contributed by atoms with Crippen molar-refractivity contribution in [1.29, 1.82) is 0 Å². The van der Waals surface area contributed by atoms with E-state index < -0.39 is 0 Å². The summed E-state index contributed by atoms with van der Waals surface area (Å²) >= 11 is 1.87. The molecule has 0 radical (unpaired) electrons. The molecule has 4 rings (SSSR count). The maximum atomic E-state index is 12.4. The van der Waals surface area contributed by atoms with Crippen molar-refractivity contribution in [2.24, 2.45) is 0 Å². The van der Waals surface area contributed by atoms with Crippen LogP contribution in [-0.4, -0.2) is 53.6 Å². The van der Waals surface area contributed by atoms with Gasteiger partial charge >= 0.3 is 6.03 Å². The molecule has 0 saturated carbocycles. The van der Waals surface area contributed by atoms with Crippen molar-refractivity contribution in [1.82, 2.24) is 20.2 Å². The lowest BCUT2D eigenvalue weighted by Crippen LogP contribution is -2.52. The molecule has 152 valence electrons. The lowest BCUT2D eigenvalue weighted by atomic mass is 9.97. The van der Waals surface area contributed by atoms with Crippen molar-refractivity contribution < 1.29 is 4.79 Å². The van der Waals surface area contributed by atoms with Gasteiger partial charge in [-0.2, -0.15) is 0 Å². The number of nitrogens with zero attached hydrogens (tertiary/aromatic N) is 4. The first-order chi connectivity index (χ1) is 13.7. The van der Waals surface area contributed by atoms with Gasteiger partial charge in [0.25, 0.3) is 0 Å². The van der Waals surface area contributed by atoms with Crippen molar-refractivity contribution in [3.63, 3.8) is 0 Å². The van der Waals surface area contributed by atoms with Gasteiger partial charge in [0.2, 0.25) is 0 Å². The molecule has 0 spiro atoms. The highest BCUT2D eigenvalue weighted by atomic mass is 32.1. The zero-order valence-electron chi connectivity index (χ0n) is 17.1. The Morgan fingerprint density at radius 2 is 1.89 bits per heavy atom. The number of carbonyl (C=O) groups is 1. The number of aromatic nitrogens is 2. The Kier molecular flexibility index (Phi) is 5.99. The van der Waals surface area contributed by atoms with Crippen molar-refractivity contribution in [3.05, 3.63) is 16.3 Å². The highest BCUT2D eigenvalue weighted by Gasteiger charge is 2.27. The number of amides is 2. The van der Waals surface area contributed by atoms with Gasteiger partial charge in [-0.25, -0.2) is 14.8 Å². The number of hydrogen-bond acceptors (Lipinski definition) is 5. The first-order valence-corrected chi connectivity index (χ1v) is 11.6. The minimum absolute atomic E-state index is 0.0723. The van der Waals surface area contributed by atoms with E-state index in [1.807, 2.05) is 16.2 Å². The minimum atomic E-state index is 0.0723. The lowest BCUT2D eigenvalue weighted by Gasteiger charge is -2.36. The first kappa shape index (κ1) is 19.4. The second kappa shape index (κ2) is 8.64. The van der Waals surface area contributed by atoms with Crippen LogP contribution in [0.15, 0.2) is 0 Å². The Balaban J connectivity index is 1.54. The Morgan fingerprint density at radius 3 is 2.64 bits per heavy atom. The SMILES string of the molecule is CCCCNC(=O)N1CCN(c2nc(CC)nc3sc4c(c23)CCCC4)CC1. The molecule has 2 aliphatic rings. The van der Waals surface area contributed by atoms with Gasteiger partial charge in [-0.3, -0.25) is 0 Å². The van der Waals surface area contributed by atoms with Crippen molar-refractivity contribution in [3.8, 4) is 0 Å². The summed E-state index contributed by atoms with van der Waals surface area (Å²) in [6, 6.07) is 0.0723. The summed E-state index contributed by atoms with van der Waals surface area (Å²) in [5.74, 6) is 2.04. The molecular formula is C21H31N5OS. The van der Waals surface area contributed by atoms with E-state index >= 15 is 0 Å². The number of thiophene rings is 1. The largest absolute Gasteiger partial charge is 0.352 e. The van der Waals surface area contributed by atoms with Crippen LogP contribution in [0.1, 0.15) is 55.8 Å². The van der Waals surface area contributed by atoms with Crippen LogP contribution in [0.25, 0.3) is 10.2 Å². The maximum Gasteiger partial charge on any atom is 0.317 e. The molecule has 1 aliphatic carbocycles. The van der Waals surface area contributed by atoms with Gasteiger partial charge in [-0.1, -0.05) is 20.3 Å². The topological polar surface area (TPSA) is 61.4 Å². The van der Waals surface area contributed by atoms with Gasteiger partial charge in [0.05, 0.1) is 5.39 Å². The van der Waals surface area contributed by atoms with Crippen molar-refractivity contribution >= 4 is 33.4 Å². The first-order valence-electron chi connectivity index (χ1n) is 10.8. The second-order valence-electron chi connectivity index (χ2n) is 7.77. The summed E-state index contributed by atoms with van der Waals surface area (Å²) in [6.07, 6.45) is 7.87. The zero-order valence-corrected chi connectivity index (χ0v) is 17.9. The predicted octanol–water partition coefficient (Wildman–Crippen LogP) is 3.76. The van der Waals surface area contributed by atoms with E-state index in [0.29, 0.717) is 0 Å². The smallest absolute Gasteiger partial charge is 0.317 e. The van der Waals surface area contributed by atoms with E-state index in [-0.39, 0.29) is 6.03 Å². The molecule has 0 atom stereocenters. The zero-order chi connectivity index (χ0) is 19.5. The highest BCUT2D eigenvalue weighted by molar-refractivity contribution is 7.19. The standard InChI is InChI=1S/C21H31N5OS/c1-3-5-10-22-21(27)26-13-11-25(12-14-26)19-18-15-8-6-7-9-16(15)28-20(18)24-17(4-2)23-19/h3-14H2,1-2H3,(H,22,27). The number of aryl methyl sites for hydroxylation is 3. The predicted molar refractivity (Wildman–Crippen MR) is 116 cm³/mol. The molecule has 1 saturated heterocycles. The van der Waals surface area contributed by atoms with Gasteiger partial charge in [0.1, 0.15) is 16.5 Å². The molecule has 7 heteroatoms. The fourth-order valence-corrected chi connectivity index (χ4v) is 5.45. The number of anilines is 1. The molecule has 2 aromatic heterocycles. The minimum Gasteiger partial charge on any atom is -0.352 e. The summed E-state index contributed by atoms with van der Waals surface area (Å²) in [5, 5.41) is 4.33. The van der Waals surface area contributed by atoms with E-state index in [9.17, 15) is 4.79 Å². The Morgan fingerprint density at radius 1 is 1.11 bits per heavy atom. The van der Waals surface area contributed by atoms with Gasteiger partial charge in [0.15, 0.2) is 0 Å². The number of nitrogens with one attached hydrogen (secondary N) is 1. The fraction of sp³-hybridized carbons (Fsp3) is 0.667. The lowest BCUT2D eigenvalue weighted by molar-refractivity contribution is 0.194. The molecule has 0 aromatic carbocycles. The van der Waals surface area contributed by atoms with Crippen LogP contribution in [0.2, 0.25) is 0 Å². The van der Waals surface area contributed by atoms with Gasteiger partial charge in [-0.15, -0.1) is 11.3 Å². The summed E-state index contributed by atoms with van der Waals surface area (Å²) < 4.78 is 0. The number of unbranched alkanes of at least 4 members (excludes halogenated alkanes) is 1. The van der Waals surface area contributed by atoms with Crippen molar-refractivity contribution in [2.75, 3.05) is 37.6 Å². The van der Waals surface area contributed by atoms with E-state index in [0.717, 1.165) is 74.9 Å².